The van der Waals surface area contributed by atoms with Crippen LogP contribution >= 0.6 is 11.3 Å². The first kappa shape index (κ1) is 20.7. The van der Waals surface area contributed by atoms with Crippen LogP contribution < -0.4 is 10.5 Å². The van der Waals surface area contributed by atoms with E-state index in [0.29, 0.717) is 21.1 Å². The number of ether oxygens (including phenoxy) is 1. The molecule has 152 valence electrons. The Morgan fingerprint density at radius 3 is 2.38 bits per heavy atom. The summed E-state index contributed by atoms with van der Waals surface area (Å²) in [4.78, 5) is 16.1. The van der Waals surface area contributed by atoms with Gasteiger partial charge in [0.2, 0.25) is 0 Å². The van der Waals surface area contributed by atoms with E-state index in [4.69, 9.17) is 10.5 Å². The van der Waals surface area contributed by atoms with Crippen LogP contribution in [0.1, 0.15) is 26.6 Å². The van der Waals surface area contributed by atoms with Gasteiger partial charge >= 0.3 is 6.18 Å². The van der Waals surface area contributed by atoms with E-state index in [9.17, 15) is 26.7 Å². The maximum absolute atomic E-state index is 14.2. The number of halogens is 5. The number of benzene rings is 2. The number of primary amides is 1. The fourth-order valence-electron chi connectivity index (χ4n) is 2.60. The zero-order valence-electron chi connectivity index (χ0n) is 14.8. The van der Waals surface area contributed by atoms with Crippen molar-refractivity contribution < 1.29 is 31.5 Å². The van der Waals surface area contributed by atoms with Gasteiger partial charge in [-0.3, -0.25) is 4.79 Å². The molecule has 0 radical (unpaired) electrons. The molecule has 0 aliphatic carbocycles. The Labute approximate surface area is 165 Å². The van der Waals surface area contributed by atoms with E-state index >= 15 is 0 Å². The van der Waals surface area contributed by atoms with Gasteiger partial charge in [-0.15, -0.1) is 11.3 Å². The minimum absolute atomic E-state index is 0.188. The lowest BCUT2D eigenvalue weighted by atomic mass is 10.1. The Bertz CT molecular complexity index is 1060. The molecule has 3 rings (SSSR count). The van der Waals surface area contributed by atoms with Crippen LogP contribution in [-0.4, -0.2) is 10.9 Å². The third-order valence-electron chi connectivity index (χ3n) is 3.97. The fourth-order valence-corrected chi connectivity index (χ4v) is 3.59. The number of aromatic nitrogens is 1. The van der Waals surface area contributed by atoms with Gasteiger partial charge in [0, 0.05) is 0 Å². The summed E-state index contributed by atoms with van der Waals surface area (Å²) in [5.74, 6) is -3.95. The molecule has 1 heterocycles. The first-order valence-electron chi connectivity index (χ1n) is 8.12. The first-order chi connectivity index (χ1) is 13.6. The maximum atomic E-state index is 14.2. The highest BCUT2D eigenvalue weighted by Crippen LogP contribution is 2.34. The molecule has 0 atom stereocenters. The normalized spacial score (nSPS) is 11.5. The third kappa shape index (κ3) is 4.37. The van der Waals surface area contributed by atoms with Crippen LogP contribution in [0.15, 0.2) is 36.4 Å². The summed E-state index contributed by atoms with van der Waals surface area (Å²) < 4.78 is 71.1. The van der Waals surface area contributed by atoms with E-state index in [1.54, 1.807) is 6.92 Å². The summed E-state index contributed by atoms with van der Waals surface area (Å²) in [6.45, 7) is 1.49. The van der Waals surface area contributed by atoms with Crippen LogP contribution in [0.3, 0.4) is 0 Å². The van der Waals surface area contributed by atoms with Crippen LogP contribution in [0.4, 0.5) is 22.0 Å². The van der Waals surface area contributed by atoms with Gasteiger partial charge in [0.25, 0.3) is 5.91 Å². The lowest BCUT2D eigenvalue weighted by molar-refractivity contribution is -0.137. The van der Waals surface area contributed by atoms with Gasteiger partial charge in [-0.2, -0.15) is 13.2 Å². The summed E-state index contributed by atoms with van der Waals surface area (Å²) in [5.41, 5.74) is 4.41. The van der Waals surface area contributed by atoms with Crippen molar-refractivity contribution in [2.45, 2.75) is 19.7 Å². The van der Waals surface area contributed by atoms with Gasteiger partial charge in [0.05, 0.1) is 16.1 Å². The van der Waals surface area contributed by atoms with Crippen molar-refractivity contribution in [3.05, 3.63) is 69.9 Å². The molecule has 0 bridgehead atoms. The zero-order chi connectivity index (χ0) is 21.3. The van der Waals surface area contributed by atoms with E-state index in [2.05, 4.69) is 4.98 Å². The number of thiazole rings is 1. The Kier molecular flexibility index (Phi) is 5.56. The molecule has 0 unspecified atom stereocenters. The third-order valence-corrected chi connectivity index (χ3v) is 5.15. The maximum Gasteiger partial charge on any atom is 0.416 e. The Hall–Kier alpha value is -3.01. The smallest absolute Gasteiger partial charge is 0.416 e. The molecule has 3 aromatic rings. The second kappa shape index (κ2) is 7.78. The zero-order valence-corrected chi connectivity index (χ0v) is 15.6. The van der Waals surface area contributed by atoms with E-state index in [1.165, 1.54) is 12.1 Å². The van der Waals surface area contributed by atoms with Crippen molar-refractivity contribution in [1.29, 1.82) is 0 Å². The number of rotatable bonds is 5. The quantitative estimate of drug-likeness (QED) is 0.576. The van der Waals surface area contributed by atoms with Crippen molar-refractivity contribution >= 4 is 17.2 Å². The van der Waals surface area contributed by atoms with E-state index in [1.807, 2.05) is 0 Å². The summed E-state index contributed by atoms with van der Waals surface area (Å²) >= 11 is 1.16. The molecule has 0 fully saturated rings. The highest BCUT2D eigenvalue weighted by Gasteiger charge is 2.30. The monoisotopic (exact) mass is 428 g/mol. The lowest BCUT2D eigenvalue weighted by Gasteiger charge is -2.08. The number of hydrogen-bond acceptors (Lipinski definition) is 4. The number of amides is 1. The standard InChI is InChI=1S/C19H13F5N2O2S/c1-9-17(10-2-4-11(5-3-10)19(22,23)24)29-14(26-9)8-28-13-7-6-12(20)15(16(13)21)18(25)27/h2-7H,8H2,1H3,(H2,25,27). The van der Waals surface area contributed by atoms with E-state index in [-0.39, 0.29) is 12.4 Å². The Morgan fingerprint density at radius 2 is 1.79 bits per heavy atom. The number of hydrogen-bond donors (Lipinski definition) is 1. The second-order valence-corrected chi connectivity index (χ2v) is 7.07. The minimum atomic E-state index is -4.43. The molecule has 4 nitrogen and oxygen atoms in total. The van der Waals surface area contributed by atoms with Crippen LogP contribution in [0, 0.1) is 18.6 Å². The SMILES string of the molecule is Cc1nc(COc2ccc(F)c(C(N)=O)c2F)sc1-c1ccc(C(F)(F)F)cc1. The van der Waals surface area contributed by atoms with Crippen LogP contribution in [0.5, 0.6) is 5.75 Å². The number of carbonyl (C=O) groups excluding carboxylic acids is 1. The van der Waals surface area contributed by atoms with Crippen LogP contribution in [0.25, 0.3) is 10.4 Å². The summed E-state index contributed by atoms with van der Waals surface area (Å²) in [6.07, 6.45) is -4.43. The lowest BCUT2D eigenvalue weighted by Crippen LogP contribution is -2.16. The van der Waals surface area contributed by atoms with Gasteiger partial charge in [-0.1, -0.05) is 12.1 Å². The predicted molar refractivity (Wildman–Crippen MR) is 96.5 cm³/mol. The van der Waals surface area contributed by atoms with Gasteiger partial charge < -0.3 is 10.5 Å². The van der Waals surface area contributed by atoms with Gasteiger partial charge in [-0.05, 0) is 36.8 Å². The number of nitrogens with zero attached hydrogens (tertiary/aromatic N) is 1. The molecule has 1 aromatic heterocycles. The largest absolute Gasteiger partial charge is 0.483 e. The van der Waals surface area contributed by atoms with Crippen molar-refractivity contribution in [3.8, 4) is 16.2 Å². The summed E-state index contributed by atoms with van der Waals surface area (Å²) in [7, 11) is 0. The molecule has 1 amide bonds. The van der Waals surface area contributed by atoms with Crippen molar-refractivity contribution in [2.24, 2.45) is 5.73 Å². The van der Waals surface area contributed by atoms with Crippen molar-refractivity contribution in [3.63, 3.8) is 0 Å². The molecule has 2 aromatic carbocycles. The average molecular weight is 428 g/mol. The molecule has 0 saturated carbocycles. The number of alkyl halides is 3. The van der Waals surface area contributed by atoms with E-state index < -0.39 is 34.8 Å². The molecule has 0 aliphatic rings. The first-order valence-corrected chi connectivity index (χ1v) is 8.94. The van der Waals surface area contributed by atoms with Gasteiger partial charge in [0.15, 0.2) is 11.6 Å². The second-order valence-electron chi connectivity index (χ2n) is 5.98. The number of nitrogens with two attached hydrogens (primary N) is 1. The fraction of sp³-hybridized carbons (Fsp3) is 0.158. The van der Waals surface area contributed by atoms with Crippen molar-refractivity contribution in [2.75, 3.05) is 0 Å². The van der Waals surface area contributed by atoms with Crippen molar-refractivity contribution in [1.82, 2.24) is 4.98 Å². The van der Waals surface area contributed by atoms with Crippen LogP contribution in [0.2, 0.25) is 0 Å². The molecule has 0 spiro atoms. The molecule has 0 saturated heterocycles. The predicted octanol–water partition coefficient (Wildman–Crippen LogP) is 5.09. The summed E-state index contributed by atoms with van der Waals surface area (Å²) in [5, 5.41) is 0.418. The molecular weight excluding hydrogens is 415 g/mol. The topological polar surface area (TPSA) is 65.2 Å². The highest BCUT2D eigenvalue weighted by atomic mass is 32.1. The molecular formula is C19H13F5N2O2S. The molecule has 29 heavy (non-hydrogen) atoms. The Balaban J connectivity index is 1.80. The average Bonchev–Trinajstić information content (AvgIpc) is 3.01. The minimum Gasteiger partial charge on any atom is -0.483 e. The highest BCUT2D eigenvalue weighted by molar-refractivity contribution is 7.15. The summed E-state index contributed by atoms with van der Waals surface area (Å²) in [6, 6.07) is 6.51. The van der Waals surface area contributed by atoms with Crippen LogP contribution in [-0.2, 0) is 12.8 Å². The molecule has 0 aliphatic heterocycles. The number of aryl methyl sites for hydroxylation is 1. The van der Waals surface area contributed by atoms with Gasteiger partial charge in [0.1, 0.15) is 23.0 Å². The van der Waals surface area contributed by atoms with E-state index in [0.717, 1.165) is 35.6 Å². The van der Waals surface area contributed by atoms with Gasteiger partial charge in [-0.25, -0.2) is 13.8 Å². The molecule has 10 heteroatoms. The molecule has 2 N–H and O–H groups in total. The number of carbonyl (C=O) groups is 1. The Morgan fingerprint density at radius 1 is 1.14 bits per heavy atom.